The average molecular weight is 381 g/mol. The molecular weight excluding hydrogens is 356 g/mol. The maximum atomic E-state index is 5.93. The first-order chi connectivity index (χ1) is 12.1. The van der Waals surface area contributed by atoms with Gasteiger partial charge in [0, 0.05) is 18.6 Å². The van der Waals surface area contributed by atoms with Gasteiger partial charge in [0.25, 0.3) is 0 Å². The molecule has 2 aromatic rings. The Bertz CT molecular complexity index is 683. The van der Waals surface area contributed by atoms with Crippen molar-refractivity contribution in [3.05, 3.63) is 46.5 Å². The van der Waals surface area contributed by atoms with Crippen LogP contribution in [0.3, 0.4) is 0 Å². The molecule has 0 radical (unpaired) electrons. The highest BCUT2D eigenvalue weighted by molar-refractivity contribution is 7.98. The maximum absolute atomic E-state index is 5.93. The van der Waals surface area contributed by atoms with E-state index in [2.05, 4.69) is 32.1 Å². The summed E-state index contributed by atoms with van der Waals surface area (Å²) in [5.74, 6) is 3.67. The van der Waals surface area contributed by atoms with Crippen LogP contribution in [0.5, 0.6) is 0 Å². The number of guanidine groups is 1. The Morgan fingerprint density at radius 1 is 1.24 bits per heavy atom. The Kier molecular flexibility index (Phi) is 8.08. The summed E-state index contributed by atoms with van der Waals surface area (Å²) in [6.07, 6.45) is 3.20. The summed E-state index contributed by atoms with van der Waals surface area (Å²) in [7, 11) is 1.96. The first kappa shape index (κ1) is 19.6. The van der Waals surface area contributed by atoms with Crippen molar-refractivity contribution in [3.8, 4) is 0 Å². The number of hydrogen-bond donors (Lipinski definition) is 2. The zero-order chi connectivity index (χ0) is 18.1. The standard InChI is InChI=1S/C17H25ClN6S/c1-13-22-23-16(24(13)2)12-21-17(19-9-4-10-25-3)20-11-14-5-7-15(18)8-6-14/h5-8H,4,9-12H2,1-3H3,(H2,19,20,21). The first-order valence-corrected chi connectivity index (χ1v) is 9.97. The summed E-state index contributed by atoms with van der Waals surface area (Å²) in [4.78, 5) is 4.66. The molecule has 0 bridgehead atoms. The number of rotatable bonds is 8. The van der Waals surface area contributed by atoms with Crippen LogP contribution in [0.25, 0.3) is 0 Å². The molecule has 1 aromatic carbocycles. The van der Waals surface area contributed by atoms with Crippen LogP contribution in [0.2, 0.25) is 5.02 Å². The Morgan fingerprint density at radius 2 is 2.00 bits per heavy atom. The number of aliphatic imine (C=N–C) groups is 1. The van der Waals surface area contributed by atoms with Gasteiger partial charge >= 0.3 is 0 Å². The van der Waals surface area contributed by atoms with Gasteiger partial charge in [-0.25, -0.2) is 4.99 Å². The largest absolute Gasteiger partial charge is 0.356 e. The highest BCUT2D eigenvalue weighted by atomic mass is 35.5. The van der Waals surface area contributed by atoms with E-state index in [-0.39, 0.29) is 0 Å². The Balaban J connectivity index is 1.96. The molecule has 0 aliphatic heterocycles. The molecule has 8 heteroatoms. The number of aryl methyl sites for hydroxylation is 1. The van der Waals surface area contributed by atoms with Crippen molar-refractivity contribution in [2.24, 2.45) is 12.0 Å². The molecule has 2 rings (SSSR count). The summed E-state index contributed by atoms with van der Waals surface area (Å²) in [6.45, 7) is 3.98. The molecule has 1 heterocycles. The average Bonchev–Trinajstić information content (AvgIpc) is 2.93. The molecule has 1 aromatic heterocycles. The van der Waals surface area contributed by atoms with Gasteiger partial charge in [-0.05, 0) is 43.0 Å². The molecule has 0 spiro atoms. The first-order valence-electron chi connectivity index (χ1n) is 8.20. The van der Waals surface area contributed by atoms with E-state index < -0.39 is 0 Å². The van der Waals surface area contributed by atoms with Crippen LogP contribution in [0.15, 0.2) is 29.3 Å². The minimum absolute atomic E-state index is 0.576. The third-order valence-electron chi connectivity index (χ3n) is 3.75. The molecule has 0 saturated heterocycles. The van der Waals surface area contributed by atoms with Gasteiger partial charge in [-0.2, -0.15) is 11.8 Å². The van der Waals surface area contributed by atoms with Crippen molar-refractivity contribution < 1.29 is 0 Å². The van der Waals surface area contributed by atoms with Crippen LogP contribution < -0.4 is 10.6 Å². The second-order valence-corrected chi connectivity index (χ2v) is 7.06. The van der Waals surface area contributed by atoms with Crippen LogP contribution in [0, 0.1) is 6.92 Å². The number of aromatic nitrogens is 3. The normalized spacial score (nSPS) is 11.6. The van der Waals surface area contributed by atoms with Crippen LogP contribution >= 0.6 is 23.4 Å². The van der Waals surface area contributed by atoms with E-state index in [4.69, 9.17) is 11.6 Å². The fourth-order valence-electron chi connectivity index (χ4n) is 2.13. The molecule has 136 valence electrons. The van der Waals surface area contributed by atoms with Gasteiger partial charge in [-0.1, -0.05) is 23.7 Å². The molecule has 0 aliphatic carbocycles. The highest BCUT2D eigenvalue weighted by Crippen LogP contribution is 2.10. The number of hydrogen-bond acceptors (Lipinski definition) is 4. The molecule has 0 fully saturated rings. The van der Waals surface area contributed by atoms with Crippen molar-refractivity contribution in [2.75, 3.05) is 18.6 Å². The van der Waals surface area contributed by atoms with Crippen LogP contribution in [0.4, 0.5) is 0 Å². The second kappa shape index (κ2) is 10.3. The van der Waals surface area contributed by atoms with Crippen LogP contribution in [0.1, 0.15) is 23.6 Å². The van der Waals surface area contributed by atoms with Gasteiger partial charge in [0.2, 0.25) is 0 Å². The summed E-state index contributed by atoms with van der Waals surface area (Å²) in [6, 6.07) is 7.74. The fourth-order valence-corrected chi connectivity index (χ4v) is 2.68. The quantitative estimate of drug-likeness (QED) is 0.418. The monoisotopic (exact) mass is 380 g/mol. The van der Waals surface area contributed by atoms with Gasteiger partial charge in [-0.3, -0.25) is 0 Å². The predicted molar refractivity (Wildman–Crippen MR) is 106 cm³/mol. The highest BCUT2D eigenvalue weighted by Gasteiger charge is 2.06. The zero-order valence-electron chi connectivity index (χ0n) is 14.9. The third kappa shape index (κ3) is 6.59. The minimum Gasteiger partial charge on any atom is -0.356 e. The second-order valence-electron chi connectivity index (χ2n) is 5.64. The lowest BCUT2D eigenvalue weighted by Gasteiger charge is -2.12. The molecular formula is C17H25ClN6S. The molecule has 0 aliphatic rings. The van der Waals surface area contributed by atoms with Gasteiger partial charge in [0.05, 0.1) is 13.1 Å². The van der Waals surface area contributed by atoms with E-state index in [0.29, 0.717) is 13.1 Å². The van der Waals surface area contributed by atoms with Crippen molar-refractivity contribution in [3.63, 3.8) is 0 Å². The molecule has 0 atom stereocenters. The summed E-state index contributed by atoms with van der Waals surface area (Å²) < 4.78 is 1.97. The lowest BCUT2D eigenvalue weighted by atomic mass is 10.2. The molecule has 2 N–H and O–H groups in total. The molecule has 6 nitrogen and oxygen atoms in total. The number of thioether (sulfide) groups is 1. The van der Waals surface area contributed by atoms with Crippen LogP contribution in [-0.2, 0) is 20.1 Å². The van der Waals surface area contributed by atoms with Gasteiger partial charge in [0.1, 0.15) is 5.82 Å². The maximum Gasteiger partial charge on any atom is 0.191 e. The smallest absolute Gasteiger partial charge is 0.191 e. The summed E-state index contributed by atoms with van der Waals surface area (Å²) in [5.41, 5.74) is 1.11. The number of halogens is 1. The number of nitrogens with one attached hydrogen (secondary N) is 2. The van der Waals surface area contributed by atoms with Crippen molar-refractivity contribution in [1.29, 1.82) is 0 Å². The van der Waals surface area contributed by atoms with Gasteiger partial charge in [-0.15, -0.1) is 10.2 Å². The Labute approximate surface area is 158 Å². The third-order valence-corrected chi connectivity index (χ3v) is 4.70. The van der Waals surface area contributed by atoms with Crippen molar-refractivity contribution in [1.82, 2.24) is 25.4 Å². The Morgan fingerprint density at radius 3 is 2.64 bits per heavy atom. The lowest BCUT2D eigenvalue weighted by molar-refractivity contribution is 0.711. The SMILES string of the molecule is CSCCCNC(=NCc1ccc(Cl)cc1)NCc1nnc(C)n1C. The topological polar surface area (TPSA) is 67.1 Å². The van der Waals surface area contributed by atoms with E-state index in [1.54, 1.807) is 0 Å². The molecule has 0 amide bonds. The number of benzene rings is 1. The number of nitrogens with zero attached hydrogens (tertiary/aromatic N) is 4. The van der Waals surface area contributed by atoms with E-state index in [9.17, 15) is 0 Å². The van der Waals surface area contributed by atoms with Crippen molar-refractivity contribution >= 4 is 29.3 Å². The summed E-state index contributed by atoms with van der Waals surface area (Å²) in [5, 5.41) is 15.7. The Hall–Kier alpha value is -1.73. The zero-order valence-corrected chi connectivity index (χ0v) is 16.5. The van der Waals surface area contributed by atoms with Crippen LogP contribution in [-0.4, -0.2) is 39.3 Å². The van der Waals surface area contributed by atoms with E-state index in [1.165, 1.54) is 0 Å². The molecule has 25 heavy (non-hydrogen) atoms. The minimum atomic E-state index is 0.576. The fraction of sp³-hybridized carbons (Fsp3) is 0.471. The van der Waals surface area contributed by atoms with Crippen molar-refractivity contribution in [2.45, 2.75) is 26.4 Å². The van der Waals surface area contributed by atoms with E-state index >= 15 is 0 Å². The van der Waals surface area contributed by atoms with Gasteiger partial charge in [0.15, 0.2) is 11.8 Å². The summed E-state index contributed by atoms with van der Waals surface area (Å²) >= 11 is 7.77. The van der Waals surface area contributed by atoms with E-state index in [1.807, 2.05) is 54.6 Å². The predicted octanol–water partition coefficient (Wildman–Crippen LogP) is 2.77. The van der Waals surface area contributed by atoms with Gasteiger partial charge < -0.3 is 15.2 Å². The molecule has 0 saturated carbocycles. The van der Waals surface area contributed by atoms with E-state index in [0.717, 1.165) is 46.9 Å². The lowest BCUT2D eigenvalue weighted by Crippen LogP contribution is -2.38. The molecule has 0 unspecified atom stereocenters.